The fourth-order valence-electron chi connectivity index (χ4n) is 5.07. The van der Waals surface area contributed by atoms with E-state index < -0.39 is 0 Å². The number of anilines is 1. The molecular formula is C26H30N4O2. The van der Waals surface area contributed by atoms with Gasteiger partial charge in [-0.2, -0.15) is 0 Å². The van der Waals surface area contributed by atoms with Crippen LogP contribution >= 0.6 is 0 Å². The van der Waals surface area contributed by atoms with Gasteiger partial charge in [0.25, 0.3) is 0 Å². The lowest BCUT2D eigenvalue weighted by molar-refractivity contribution is -0.125. The number of likely N-dealkylation sites (N-methyl/N-ethyl adjacent to an activating group) is 1. The number of hydrogen-bond donors (Lipinski definition) is 0. The van der Waals surface area contributed by atoms with Gasteiger partial charge in [0.15, 0.2) is 0 Å². The van der Waals surface area contributed by atoms with E-state index in [9.17, 15) is 4.79 Å². The lowest BCUT2D eigenvalue weighted by Crippen LogP contribution is -2.43. The molecule has 1 fully saturated rings. The van der Waals surface area contributed by atoms with Crippen LogP contribution in [-0.4, -0.2) is 55.1 Å². The summed E-state index contributed by atoms with van der Waals surface area (Å²) in [5.41, 5.74) is 5.84. The maximum Gasteiger partial charge on any atom is 0.237 e. The number of nitrogens with zero attached hydrogens (tertiary/aromatic N) is 4. The summed E-state index contributed by atoms with van der Waals surface area (Å²) in [6.45, 7) is 3.68. The molecule has 32 heavy (non-hydrogen) atoms. The third-order valence-corrected chi connectivity index (χ3v) is 6.96. The number of aromatic nitrogens is 2. The first-order valence-corrected chi connectivity index (χ1v) is 11.4. The Hall–Kier alpha value is -2.99. The van der Waals surface area contributed by atoms with Crippen LogP contribution in [-0.2, 0) is 10.2 Å². The van der Waals surface area contributed by atoms with Gasteiger partial charge < -0.3 is 14.5 Å². The SMILES string of the molecule is Cc1cc(-c2ccc3ncc4c(c3c2)C2(CCC2)C(=O)N4C)cnc1OCCCN(C)C. The van der Waals surface area contributed by atoms with Crippen LogP contribution in [0.3, 0.4) is 0 Å². The van der Waals surface area contributed by atoms with Gasteiger partial charge in [0.05, 0.1) is 29.4 Å². The smallest absolute Gasteiger partial charge is 0.237 e. The van der Waals surface area contributed by atoms with E-state index in [1.54, 1.807) is 4.90 Å². The van der Waals surface area contributed by atoms with Crippen molar-refractivity contribution in [2.75, 3.05) is 39.2 Å². The molecule has 0 bridgehead atoms. The van der Waals surface area contributed by atoms with Gasteiger partial charge in [-0.05, 0) is 64.0 Å². The van der Waals surface area contributed by atoms with Crippen LogP contribution in [0.5, 0.6) is 5.88 Å². The quantitative estimate of drug-likeness (QED) is 0.545. The van der Waals surface area contributed by atoms with Crippen molar-refractivity contribution in [2.24, 2.45) is 0 Å². The minimum absolute atomic E-state index is 0.215. The molecule has 2 aliphatic rings. The molecule has 1 saturated carbocycles. The highest BCUT2D eigenvalue weighted by atomic mass is 16.5. The zero-order valence-corrected chi connectivity index (χ0v) is 19.3. The Balaban J connectivity index is 1.49. The van der Waals surface area contributed by atoms with Gasteiger partial charge in [-0.15, -0.1) is 0 Å². The zero-order valence-electron chi connectivity index (χ0n) is 19.3. The minimum atomic E-state index is -0.359. The van der Waals surface area contributed by atoms with Crippen molar-refractivity contribution < 1.29 is 9.53 Å². The number of amides is 1. The van der Waals surface area contributed by atoms with Crippen molar-refractivity contribution in [3.8, 4) is 17.0 Å². The first-order chi connectivity index (χ1) is 15.4. The second-order valence-corrected chi connectivity index (χ2v) is 9.40. The van der Waals surface area contributed by atoms with Crippen LogP contribution < -0.4 is 9.64 Å². The molecule has 3 heterocycles. The summed E-state index contributed by atoms with van der Waals surface area (Å²) in [6, 6.07) is 8.45. The van der Waals surface area contributed by atoms with Crippen molar-refractivity contribution in [1.82, 2.24) is 14.9 Å². The van der Waals surface area contributed by atoms with Gasteiger partial charge in [0.2, 0.25) is 11.8 Å². The number of fused-ring (bicyclic) bond motifs is 4. The van der Waals surface area contributed by atoms with E-state index in [-0.39, 0.29) is 11.3 Å². The van der Waals surface area contributed by atoms with E-state index in [0.717, 1.165) is 71.1 Å². The van der Waals surface area contributed by atoms with Crippen molar-refractivity contribution in [3.63, 3.8) is 0 Å². The topological polar surface area (TPSA) is 58.6 Å². The third-order valence-electron chi connectivity index (χ3n) is 6.96. The van der Waals surface area contributed by atoms with Crippen LogP contribution in [0.25, 0.3) is 22.0 Å². The third kappa shape index (κ3) is 3.25. The molecular weight excluding hydrogens is 400 g/mol. The lowest BCUT2D eigenvalue weighted by atomic mass is 9.64. The zero-order chi connectivity index (χ0) is 22.5. The van der Waals surface area contributed by atoms with Crippen LogP contribution in [0.1, 0.15) is 36.8 Å². The highest BCUT2D eigenvalue weighted by Crippen LogP contribution is 2.55. The lowest BCUT2D eigenvalue weighted by Gasteiger charge is -2.37. The molecule has 1 aromatic carbocycles. The van der Waals surface area contributed by atoms with E-state index in [2.05, 4.69) is 53.2 Å². The summed E-state index contributed by atoms with van der Waals surface area (Å²) in [5, 5.41) is 1.08. The average molecular weight is 431 g/mol. The summed E-state index contributed by atoms with van der Waals surface area (Å²) >= 11 is 0. The van der Waals surface area contributed by atoms with E-state index >= 15 is 0 Å². The molecule has 2 aromatic heterocycles. The van der Waals surface area contributed by atoms with E-state index in [4.69, 9.17) is 4.74 Å². The molecule has 1 spiro atoms. The molecule has 0 N–H and O–H groups in total. The second kappa shape index (κ2) is 7.85. The van der Waals surface area contributed by atoms with Gasteiger partial charge in [-0.1, -0.05) is 12.5 Å². The van der Waals surface area contributed by atoms with Crippen LogP contribution in [0.15, 0.2) is 36.7 Å². The number of hydrogen-bond acceptors (Lipinski definition) is 5. The maximum absolute atomic E-state index is 13.1. The summed E-state index contributed by atoms with van der Waals surface area (Å²) in [4.78, 5) is 26.2. The maximum atomic E-state index is 13.1. The van der Waals surface area contributed by atoms with E-state index in [0.29, 0.717) is 12.5 Å². The summed E-state index contributed by atoms with van der Waals surface area (Å²) in [6.07, 6.45) is 7.65. The van der Waals surface area contributed by atoms with E-state index in [1.165, 1.54) is 0 Å². The Morgan fingerprint density at radius 1 is 1.12 bits per heavy atom. The number of ether oxygens (including phenoxy) is 1. The van der Waals surface area contributed by atoms with Gasteiger partial charge in [-0.3, -0.25) is 9.78 Å². The Labute approximate surface area is 189 Å². The standard InChI is InChI=1S/C26H30N4O2/c1-17-13-19(15-28-24(17)32-12-6-11-29(2)3)18-7-8-21-20(14-18)23-22(16-27-21)30(4)25(31)26(23)9-5-10-26/h7-8,13-16H,5-6,9-12H2,1-4H3. The number of aryl methyl sites for hydroxylation is 1. The largest absolute Gasteiger partial charge is 0.477 e. The Morgan fingerprint density at radius 2 is 1.94 bits per heavy atom. The fourth-order valence-corrected chi connectivity index (χ4v) is 5.07. The Bertz CT molecular complexity index is 1200. The van der Waals surface area contributed by atoms with Gasteiger partial charge in [0.1, 0.15) is 0 Å². The Kier molecular flexibility index (Phi) is 5.13. The first-order valence-electron chi connectivity index (χ1n) is 11.4. The summed E-state index contributed by atoms with van der Waals surface area (Å²) in [7, 11) is 6.00. The van der Waals surface area contributed by atoms with Gasteiger partial charge in [0, 0.05) is 41.9 Å². The first kappa shape index (κ1) is 20.9. The van der Waals surface area contributed by atoms with E-state index in [1.807, 2.05) is 26.4 Å². The molecule has 0 atom stereocenters. The fraction of sp³-hybridized carbons (Fsp3) is 0.423. The average Bonchev–Trinajstić information content (AvgIpc) is 2.99. The molecule has 5 rings (SSSR count). The van der Waals surface area contributed by atoms with Crippen molar-refractivity contribution >= 4 is 22.5 Å². The van der Waals surface area contributed by atoms with Crippen LogP contribution in [0, 0.1) is 6.92 Å². The highest BCUT2D eigenvalue weighted by molar-refractivity contribution is 6.13. The summed E-state index contributed by atoms with van der Waals surface area (Å²) < 4.78 is 5.89. The highest BCUT2D eigenvalue weighted by Gasteiger charge is 2.54. The second-order valence-electron chi connectivity index (χ2n) is 9.40. The molecule has 1 amide bonds. The number of benzene rings is 1. The molecule has 1 aliphatic carbocycles. The Morgan fingerprint density at radius 3 is 2.62 bits per heavy atom. The molecule has 1 aliphatic heterocycles. The number of carbonyl (C=O) groups is 1. The predicted molar refractivity (Wildman–Crippen MR) is 127 cm³/mol. The van der Waals surface area contributed by atoms with Crippen molar-refractivity contribution in [3.05, 3.63) is 47.8 Å². The van der Waals surface area contributed by atoms with Gasteiger partial charge >= 0.3 is 0 Å². The molecule has 0 unspecified atom stereocenters. The number of pyridine rings is 2. The van der Waals surface area contributed by atoms with Crippen molar-refractivity contribution in [2.45, 2.75) is 38.0 Å². The molecule has 3 aromatic rings. The molecule has 0 radical (unpaired) electrons. The van der Waals surface area contributed by atoms with Crippen LogP contribution in [0.4, 0.5) is 5.69 Å². The molecule has 0 saturated heterocycles. The minimum Gasteiger partial charge on any atom is -0.477 e. The molecule has 166 valence electrons. The normalized spacial score (nSPS) is 16.7. The number of rotatable bonds is 6. The van der Waals surface area contributed by atoms with Crippen LogP contribution in [0.2, 0.25) is 0 Å². The summed E-state index contributed by atoms with van der Waals surface area (Å²) in [5.74, 6) is 0.906. The molecule has 6 nitrogen and oxygen atoms in total. The number of carbonyl (C=O) groups excluding carboxylic acids is 1. The van der Waals surface area contributed by atoms with Gasteiger partial charge in [-0.25, -0.2) is 4.98 Å². The molecule has 6 heteroatoms. The monoisotopic (exact) mass is 430 g/mol. The van der Waals surface area contributed by atoms with Crippen molar-refractivity contribution in [1.29, 1.82) is 0 Å². The predicted octanol–water partition coefficient (Wildman–Crippen LogP) is 4.33.